The summed E-state index contributed by atoms with van der Waals surface area (Å²) < 4.78 is 5.34. The van der Waals surface area contributed by atoms with Crippen LogP contribution in [0.1, 0.15) is 32.5 Å². The van der Waals surface area contributed by atoms with Crippen LogP contribution in [0.2, 0.25) is 0 Å². The monoisotopic (exact) mass is 293 g/mol. The second-order valence-corrected chi connectivity index (χ2v) is 6.20. The molecule has 1 aromatic heterocycles. The number of rotatable bonds is 6. The van der Waals surface area contributed by atoms with Gasteiger partial charge in [-0.15, -0.1) is 0 Å². The standard InChI is InChI=1S/C15H27N5O/c1-4-21-10-14-18-12(16)9-13(19-14)17-11-15(2)5-7-20(3)8-6-15/h9H,4-8,10-11H2,1-3H3,(H3,16,17,18,19). The molecule has 0 amide bonds. The van der Waals surface area contributed by atoms with Crippen LogP contribution in [0.4, 0.5) is 11.6 Å². The Hall–Kier alpha value is -1.40. The quantitative estimate of drug-likeness (QED) is 0.832. The van der Waals surface area contributed by atoms with Crippen LogP contribution >= 0.6 is 0 Å². The van der Waals surface area contributed by atoms with Gasteiger partial charge in [-0.25, -0.2) is 9.97 Å². The van der Waals surface area contributed by atoms with E-state index in [9.17, 15) is 0 Å². The van der Waals surface area contributed by atoms with Gasteiger partial charge < -0.3 is 20.7 Å². The molecule has 6 nitrogen and oxygen atoms in total. The van der Waals surface area contributed by atoms with E-state index < -0.39 is 0 Å². The first-order chi connectivity index (χ1) is 10.0. The van der Waals surface area contributed by atoms with Gasteiger partial charge in [-0.1, -0.05) is 6.92 Å². The van der Waals surface area contributed by atoms with Crippen molar-refractivity contribution >= 4 is 11.6 Å². The van der Waals surface area contributed by atoms with Gasteiger partial charge in [0.15, 0.2) is 5.82 Å². The van der Waals surface area contributed by atoms with Gasteiger partial charge >= 0.3 is 0 Å². The molecule has 1 aromatic rings. The molecule has 2 rings (SSSR count). The summed E-state index contributed by atoms with van der Waals surface area (Å²) in [5, 5.41) is 3.42. The minimum Gasteiger partial charge on any atom is -0.384 e. The van der Waals surface area contributed by atoms with E-state index >= 15 is 0 Å². The Balaban J connectivity index is 1.94. The molecule has 0 bridgehead atoms. The smallest absolute Gasteiger partial charge is 0.158 e. The van der Waals surface area contributed by atoms with Crippen molar-refractivity contribution in [3.63, 3.8) is 0 Å². The highest BCUT2D eigenvalue weighted by Crippen LogP contribution is 2.30. The number of nitrogens with one attached hydrogen (secondary N) is 1. The van der Waals surface area contributed by atoms with Gasteiger partial charge in [0.2, 0.25) is 0 Å². The molecule has 0 atom stereocenters. The molecule has 1 aliphatic heterocycles. The molecular formula is C15H27N5O. The van der Waals surface area contributed by atoms with E-state index in [2.05, 4.69) is 34.2 Å². The number of ether oxygens (including phenoxy) is 1. The molecule has 3 N–H and O–H groups in total. The van der Waals surface area contributed by atoms with Crippen molar-refractivity contribution in [2.45, 2.75) is 33.3 Å². The fourth-order valence-electron chi connectivity index (χ4n) is 2.51. The van der Waals surface area contributed by atoms with Gasteiger partial charge in [0.05, 0.1) is 0 Å². The average Bonchev–Trinajstić information content (AvgIpc) is 2.46. The number of anilines is 2. The lowest BCUT2D eigenvalue weighted by molar-refractivity contribution is 0.128. The number of aromatic nitrogens is 2. The van der Waals surface area contributed by atoms with Gasteiger partial charge in [0.1, 0.15) is 18.2 Å². The molecule has 0 aromatic carbocycles. The maximum Gasteiger partial charge on any atom is 0.158 e. The number of hydrogen-bond donors (Lipinski definition) is 2. The molecule has 0 radical (unpaired) electrons. The zero-order valence-corrected chi connectivity index (χ0v) is 13.4. The zero-order valence-electron chi connectivity index (χ0n) is 13.4. The minimum atomic E-state index is 0.312. The Morgan fingerprint density at radius 1 is 1.38 bits per heavy atom. The van der Waals surface area contributed by atoms with Crippen molar-refractivity contribution in [3.8, 4) is 0 Å². The van der Waals surface area contributed by atoms with E-state index in [1.165, 1.54) is 12.8 Å². The number of nitrogens with two attached hydrogens (primary N) is 1. The number of piperidine rings is 1. The lowest BCUT2D eigenvalue weighted by Gasteiger charge is -2.38. The van der Waals surface area contributed by atoms with Gasteiger partial charge in [-0.05, 0) is 45.3 Å². The van der Waals surface area contributed by atoms with E-state index in [1.807, 2.05) is 6.92 Å². The second kappa shape index (κ2) is 7.04. The molecule has 0 saturated carbocycles. The maximum atomic E-state index is 5.84. The van der Waals surface area contributed by atoms with Crippen molar-refractivity contribution in [3.05, 3.63) is 11.9 Å². The molecule has 1 aliphatic rings. The van der Waals surface area contributed by atoms with Crippen LogP contribution in [0.15, 0.2) is 6.07 Å². The van der Waals surface area contributed by atoms with Crippen LogP contribution in [0.3, 0.4) is 0 Å². The van der Waals surface area contributed by atoms with Crippen molar-refractivity contribution in [2.75, 3.05) is 44.3 Å². The first-order valence-electron chi connectivity index (χ1n) is 7.64. The molecule has 21 heavy (non-hydrogen) atoms. The predicted octanol–water partition coefficient (Wildman–Crippen LogP) is 1.74. The Kier molecular flexibility index (Phi) is 5.36. The topological polar surface area (TPSA) is 76.3 Å². The summed E-state index contributed by atoms with van der Waals surface area (Å²) in [6, 6.07) is 1.79. The first kappa shape index (κ1) is 16.0. The van der Waals surface area contributed by atoms with Crippen LogP contribution in [0.25, 0.3) is 0 Å². The predicted molar refractivity (Wildman–Crippen MR) is 85.1 cm³/mol. The molecule has 0 unspecified atom stereocenters. The zero-order chi connectivity index (χ0) is 15.3. The van der Waals surface area contributed by atoms with Gasteiger partial charge in [0.25, 0.3) is 0 Å². The number of hydrogen-bond acceptors (Lipinski definition) is 6. The van der Waals surface area contributed by atoms with Crippen LogP contribution in [0, 0.1) is 5.41 Å². The molecule has 1 saturated heterocycles. The van der Waals surface area contributed by atoms with Crippen molar-refractivity contribution in [1.29, 1.82) is 0 Å². The van der Waals surface area contributed by atoms with E-state index in [0.29, 0.717) is 30.3 Å². The van der Waals surface area contributed by atoms with Crippen LogP contribution in [0.5, 0.6) is 0 Å². The molecule has 0 spiro atoms. The summed E-state index contributed by atoms with van der Waals surface area (Å²) >= 11 is 0. The lowest BCUT2D eigenvalue weighted by atomic mass is 9.80. The number of nitrogen functional groups attached to an aromatic ring is 1. The van der Waals surface area contributed by atoms with E-state index in [-0.39, 0.29) is 0 Å². The molecular weight excluding hydrogens is 266 g/mol. The third-order valence-corrected chi connectivity index (χ3v) is 4.12. The minimum absolute atomic E-state index is 0.312. The third kappa shape index (κ3) is 4.82. The maximum absolute atomic E-state index is 5.84. The van der Waals surface area contributed by atoms with E-state index in [1.54, 1.807) is 6.07 Å². The van der Waals surface area contributed by atoms with Gasteiger partial charge in [0, 0.05) is 19.2 Å². The fraction of sp³-hybridized carbons (Fsp3) is 0.733. The normalized spacial score (nSPS) is 18.6. The summed E-state index contributed by atoms with van der Waals surface area (Å²) in [5.41, 5.74) is 6.15. The highest BCUT2D eigenvalue weighted by molar-refractivity contribution is 5.44. The van der Waals surface area contributed by atoms with Crippen LogP contribution in [-0.4, -0.2) is 48.2 Å². The largest absolute Gasteiger partial charge is 0.384 e. The highest BCUT2D eigenvalue weighted by atomic mass is 16.5. The highest BCUT2D eigenvalue weighted by Gasteiger charge is 2.28. The summed E-state index contributed by atoms with van der Waals surface area (Å²) in [4.78, 5) is 11.0. The summed E-state index contributed by atoms with van der Waals surface area (Å²) in [7, 11) is 2.18. The molecule has 1 fully saturated rings. The first-order valence-corrected chi connectivity index (χ1v) is 7.64. The van der Waals surface area contributed by atoms with E-state index in [0.717, 1.165) is 25.5 Å². The summed E-state index contributed by atoms with van der Waals surface area (Å²) in [6.07, 6.45) is 2.39. The van der Waals surface area contributed by atoms with Crippen LogP contribution in [-0.2, 0) is 11.3 Å². The summed E-state index contributed by atoms with van der Waals surface area (Å²) in [5.74, 6) is 1.90. The SMILES string of the molecule is CCOCc1nc(N)cc(NCC2(C)CCN(C)CC2)n1. The van der Waals surface area contributed by atoms with Gasteiger partial charge in [-0.3, -0.25) is 0 Å². The Morgan fingerprint density at radius 3 is 2.76 bits per heavy atom. The summed E-state index contributed by atoms with van der Waals surface area (Å²) in [6.45, 7) is 8.54. The lowest BCUT2D eigenvalue weighted by Crippen LogP contribution is -2.40. The number of nitrogens with zero attached hydrogens (tertiary/aromatic N) is 3. The van der Waals surface area contributed by atoms with Crippen molar-refractivity contribution in [2.24, 2.45) is 5.41 Å². The van der Waals surface area contributed by atoms with E-state index in [4.69, 9.17) is 10.5 Å². The van der Waals surface area contributed by atoms with Crippen molar-refractivity contribution < 1.29 is 4.74 Å². The van der Waals surface area contributed by atoms with Crippen LogP contribution < -0.4 is 11.1 Å². The second-order valence-electron chi connectivity index (χ2n) is 6.20. The average molecular weight is 293 g/mol. The van der Waals surface area contributed by atoms with Crippen molar-refractivity contribution in [1.82, 2.24) is 14.9 Å². The Labute approximate surface area is 127 Å². The molecule has 6 heteroatoms. The molecule has 2 heterocycles. The Bertz CT molecular complexity index is 457. The Morgan fingerprint density at radius 2 is 2.10 bits per heavy atom. The van der Waals surface area contributed by atoms with Gasteiger partial charge in [-0.2, -0.15) is 0 Å². The number of likely N-dealkylation sites (tertiary alicyclic amines) is 1. The fourth-order valence-corrected chi connectivity index (χ4v) is 2.51. The third-order valence-electron chi connectivity index (χ3n) is 4.12. The molecule has 0 aliphatic carbocycles. The molecule has 118 valence electrons.